The van der Waals surface area contributed by atoms with E-state index >= 15 is 0 Å². The van der Waals surface area contributed by atoms with Gasteiger partial charge in [-0.2, -0.15) is 0 Å². The lowest BCUT2D eigenvalue weighted by Gasteiger charge is -2.46. The molecular formula is C29H49N3O4S2. The zero-order valence-electron chi connectivity index (χ0n) is 24.1. The number of rotatable bonds is 13. The highest BCUT2D eigenvalue weighted by molar-refractivity contribution is 7.89. The van der Waals surface area contributed by atoms with Crippen molar-refractivity contribution in [2.75, 3.05) is 24.3 Å². The number of carbonyl (C=O) groups excluding carboxylic acids is 1. The Labute approximate surface area is 233 Å². The molecule has 0 aromatic heterocycles. The van der Waals surface area contributed by atoms with E-state index in [2.05, 4.69) is 62.0 Å². The van der Waals surface area contributed by atoms with Crippen molar-refractivity contribution < 1.29 is 17.4 Å². The lowest BCUT2D eigenvalue weighted by Crippen LogP contribution is -2.56. The number of hydrogen-bond acceptors (Lipinski definition) is 5. The SMILES string of the molecule is CCC1(CCNS(=O)(=O)CC2(CC)C(NC(=O)[C@@H](N)CCS(C)=O)CC(C)C2(C)C)CCc2ccccc21. The van der Waals surface area contributed by atoms with E-state index in [1.807, 2.05) is 6.92 Å². The van der Waals surface area contributed by atoms with Crippen molar-refractivity contribution in [2.24, 2.45) is 22.5 Å². The van der Waals surface area contributed by atoms with Crippen LogP contribution in [0.25, 0.3) is 0 Å². The second kappa shape index (κ2) is 12.1. The molecule has 2 aliphatic carbocycles. The Balaban J connectivity index is 1.74. The Morgan fingerprint density at radius 3 is 2.53 bits per heavy atom. The van der Waals surface area contributed by atoms with Gasteiger partial charge in [-0.3, -0.25) is 9.00 Å². The van der Waals surface area contributed by atoms with Gasteiger partial charge in [0.15, 0.2) is 0 Å². The van der Waals surface area contributed by atoms with Crippen molar-refractivity contribution in [3.63, 3.8) is 0 Å². The number of nitrogens with one attached hydrogen (secondary N) is 2. The van der Waals surface area contributed by atoms with Crippen molar-refractivity contribution in [3.8, 4) is 0 Å². The highest BCUT2D eigenvalue weighted by atomic mass is 32.2. The molecule has 38 heavy (non-hydrogen) atoms. The summed E-state index contributed by atoms with van der Waals surface area (Å²) in [4.78, 5) is 13.0. The number of benzene rings is 1. The zero-order chi connectivity index (χ0) is 28.4. The molecule has 0 heterocycles. The van der Waals surface area contributed by atoms with Gasteiger partial charge in [0.25, 0.3) is 0 Å². The molecule has 7 nitrogen and oxygen atoms in total. The van der Waals surface area contributed by atoms with Gasteiger partial charge in [-0.25, -0.2) is 13.1 Å². The van der Waals surface area contributed by atoms with Crippen LogP contribution >= 0.6 is 0 Å². The van der Waals surface area contributed by atoms with Gasteiger partial charge in [-0.1, -0.05) is 58.9 Å². The Morgan fingerprint density at radius 1 is 1.21 bits per heavy atom. The Morgan fingerprint density at radius 2 is 1.89 bits per heavy atom. The Bertz CT molecular complexity index is 1120. The molecule has 0 bridgehead atoms. The topological polar surface area (TPSA) is 118 Å². The summed E-state index contributed by atoms with van der Waals surface area (Å²) >= 11 is 0. The van der Waals surface area contributed by atoms with Crippen LogP contribution in [0.4, 0.5) is 0 Å². The fourth-order valence-electron chi connectivity index (χ4n) is 7.21. The van der Waals surface area contributed by atoms with Crippen LogP contribution in [0.2, 0.25) is 0 Å². The predicted octanol–water partition coefficient (Wildman–Crippen LogP) is 3.63. The molecule has 3 rings (SSSR count). The van der Waals surface area contributed by atoms with Gasteiger partial charge in [-0.15, -0.1) is 0 Å². The van der Waals surface area contributed by atoms with E-state index < -0.39 is 32.3 Å². The van der Waals surface area contributed by atoms with E-state index in [0.29, 0.717) is 31.6 Å². The average Bonchev–Trinajstić information content (AvgIpc) is 3.31. The molecule has 1 amide bonds. The van der Waals surface area contributed by atoms with E-state index in [1.165, 1.54) is 11.1 Å². The van der Waals surface area contributed by atoms with E-state index in [4.69, 9.17) is 5.73 Å². The van der Waals surface area contributed by atoms with Crippen molar-refractivity contribution >= 4 is 26.7 Å². The molecule has 5 unspecified atom stereocenters. The first-order chi connectivity index (χ1) is 17.7. The minimum atomic E-state index is -3.62. The van der Waals surface area contributed by atoms with Crippen molar-refractivity contribution in [1.29, 1.82) is 0 Å². The third-order valence-corrected chi connectivity index (χ3v) is 12.6. The van der Waals surface area contributed by atoms with Gasteiger partial charge < -0.3 is 11.1 Å². The fourth-order valence-corrected chi connectivity index (χ4v) is 9.76. The maximum Gasteiger partial charge on any atom is 0.237 e. The summed E-state index contributed by atoms with van der Waals surface area (Å²) < 4.78 is 41.6. The van der Waals surface area contributed by atoms with Crippen LogP contribution < -0.4 is 15.8 Å². The lowest BCUT2D eigenvalue weighted by atomic mass is 9.63. The van der Waals surface area contributed by atoms with Crippen LogP contribution in [-0.4, -0.2) is 54.9 Å². The summed E-state index contributed by atoms with van der Waals surface area (Å²) in [6, 6.07) is 7.48. The smallest absolute Gasteiger partial charge is 0.237 e. The number of fused-ring (bicyclic) bond motifs is 1. The highest BCUT2D eigenvalue weighted by Crippen LogP contribution is 2.58. The Hall–Kier alpha value is -1.29. The van der Waals surface area contributed by atoms with Gasteiger partial charge in [0.2, 0.25) is 15.9 Å². The number of hydrogen-bond donors (Lipinski definition) is 3. The van der Waals surface area contributed by atoms with Crippen LogP contribution in [0.15, 0.2) is 24.3 Å². The summed E-state index contributed by atoms with van der Waals surface area (Å²) in [6.07, 6.45) is 7.09. The fraction of sp³-hybridized carbons (Fsp3) is 0.759. The second-order valence-electron chi connectivity index (χ2n) is 12.3. The van der Waals surface area contributed by atoms with Crippen LogP contribution in [-0.2, 0) is 37.5 Å². The summed E-state index contributed by atoms with van der Waals surface area (Å²) in [7, 11) is -4.64. The van der Waals surface area contributed by atoms with Crippen LogP contribution in [0.5, 0.6) is 0 Å². The maximum absolute atomic E-state index is 13.6. The first-order valence-corrected chi connectivity index (χ1v) is 17.5. The molecule has 0 radical (unpaired) electrons. The monoisotopic (exact) mass is 567 g/mol. The van der Waals surface area contributed by atoms with Gasteiger partial charge >= 0.3 is 0 Å². The molecule has 0 spiro atoms. The van der Waals surface area contributed by atoms with Crippen LogP contribution in [0.3, 0.4) is 0 Å². The highest BCUT2D eigenvalue weighted by Gasteiger charge is 2.59. The number of sulfonamides is 1. The molecule has 1 saturated carbocycles. The minimum Gasteiger partial charge on any atom is -0.351 e. The third kappa shape index (κ3) is 6.21. The van der Waals surface area contributed by atoms with E-state index in [9.17, 15) is 17.4 Å². The minimum absolute atomic E-state index is 0.0114. The summed E-state index contributed by atoms with van der Waals surface area (Å²) in [5, 5.41) is 3.12. The zero-order valence-corrected chi connectivity index (χ0v) is 25.8. The van der Waals surface area contributed by atoms with Gasteiger partial charge in [-0.05, 0) is 72.8 Å². The quantitative estimate of drug-likeness (QED) is 0.336. The second-order valence-corrected chi connectivity index (χ2v) is 15.7. The first kappa shape index (κ1) is 31.2. The van der Waals surface area contributed by atoms with Crippen LogP contribution in [0.1, 0.15) is 84.3 Å². The van der Waals surface area contributed by atoms with E-state index in [1.54, 1.807) is 6.26 Å². The lowest BCUT2D eigenvalue weighted by molar-refractivity contribution is -0.124. The summed E-state index contributed by atoms with van der Waals surface area (Å²) in [6.45, 7) is 11.0. The van der Waals surface area contributed by atoms with Gasteiger partial charge in [0, 0.05) is 40.8 Å². The summed E-state index contributed by atoms with van der Waals surface area (Å²) in [5.41, 5.74) is 7.92. The summed E-state index contributed by atoms with van der Waals surface area (Å²) in [5.74, 6) is 0.254. The predicted molar refractivity (Wildman–Crippen MR) is 157 cm³/mol. The standard InChI is InChI=1S/C29H49N3O4S2/c1-7-28(15-13-22-11-9-10-12-23(22)28)16-17-31-38(35,36)20-29(8-2)25(19-21(3)27(29,4)5)32-26(33)24(30)14-18-37(6)34/h9-12,21,24-25,31H,7-8,13-20,30H2,1-6H3,(H,32,33)/t21?,24-,25?,28?,29?,37?/m0/s1. The molecule has 0 saturated heterocycles. The molecular weight excluding hydrogens is 518 g/mol. The van der Waals surface area contributed by atoms with Crippen LogP contribution in [0, 0.1) is 16.7 Å². The van der Waals surface area contributed by atoms with Gasteiger partial charge in [0.1, 0.15) is 0 Å². The molecule has 1 aromatic carbocycles. The molecule has 1 aromatic rings. The van der Waals surface area contributed by atoms with Gasteiger partial charge in [0.05, 0.1) is 11.8 Å². The molecule has 6 atom stereocenters. The van der Waals surface area contributed by atoms with Crippen molar-refractivity contribution in [1.82, 2.24) is 10.0 Å². The molecule has 2 aliphatic rings. The van der Waals surface area contributed by atoms with E-state index in [0.717, 1.165) is 25.7 Å². The first-order valence-electron chi connectivity index (χ1n) is 14.2. The maximum atomic E-state index is 13.6. The van der Waals surface area contributed by atoms with E-state index in [-0.39, 0.29) is 34.4 Å². The molecule has 1 fully saturated rings. The molecule has 216 valence electrons. The third-order valence-electron chi connectivity index (χ3n) is 10.3. The number of carbonyl (C=O) groups is 1. The van der Waals surface area contributed by atoms with Crippen molar-refractivity contribution in [2.45, 2.75) is 97.1 Å². The average molecular weight is 568 g/mol. The molecule has 0 aliphatic heterocycles. The molecule has 9 heteroatoms. The normalized spacial score (nSPS) is 30.1. The Kier molecular flexibility index (Phi) is 9.92. The largest absolute Gasteiger partial charge is 0.351 e. The number of nitrogens with two attached hydrogens (primary N) is 1. The van der Waals surface area contributed by atoms with Crippen molar-refractivity contribution in [3.05, 3.63) is 35.4 Å². The number of amides is 1. The molecule has 4 N–H and O–H groups in total. The number of aryl methyl sites for hydroxylation is 1.